The Bertz CT molecular complexity index is 479. The van der Waals surface area contributed by atoms with Gasteiger partial charge in [-0.25, -0.2) is 0 Å². The first-order valence-corrected chi connectivity index (χ1v) is 7.88. The van der Waals surface area contributed by atoms with Crippen LogP contribution < -0.4 is 0 Å². The van der Waals surface area contributed by atoms with E-state index in [1.54, 1.807) is 7.11 Å². The van der Waals surface area contributed by atoms with Crippen LogP contribution in [0.5, 0.6) is 0 Å². The molecule has 21 heavy (non-hydrogen) atoms. The number of fused-ring (bicyclic) bond motifs is 1. The maximum absolute atomic E-state index is 10.4. The fourth-order valence-electron chi connectivity index (χ4n) is 3.34. The lowest BCUT2D eigenvalue weighted by Crippen LogP contribution is -2.30. The third kappa shape index (κ3) is 3.87. The Morgan fingerprint density at radius 3 is 2.81 bits per heavy atom. The van der Waals surface area contributed by atoms with Gasteiger partial charge >= 0.3 is 0 Å². The molecule has 4 heteroatoms. The van der Waals surface area contributed by atoms with Gasteiger partial charge in [0.2, 0.25) is 0 Å². The van der Waals surface area contributed by atoms with Crippen LogP contribution >= 0.6 is 0 Å². The third-order valence-corrected chi connectivity index (χ3v) is 4.58. The van der Waals surface area contributed by atoms with Crippen molar-refractivity contribution in [3.63, 3.8) is 0 Å². The molecule has 2 rings (SSSR count). The molecule has 1 aliphatic carbocycles. The van der Waals surface area contributed by atoms with Crippen LogP contribution in [0.15, 0.2) is 6.07 Å². The summed E-state index contributed by atoms with van der Waals surface area (Å²) in [4.78, 5) is 2.29. The van der Waals surface area contributed by atoms with Crippen LogP contribution in [0.2, 0.25) is 0 Å². The smallest absolute Gasteiger partial charge is 0.0812 e. The zero-order valence-corrected chi connectivity index (χ0v) is 14.1. The van der Waals surface area contributed by atoms with Crippen molar-refractivity contribution in [1.29, 1.82) is 0 Å². The van der Waals surface area contributed by atoms with E-state index >= 15 is 0 Å². The summed E-state index contributed by atoms with van der Waals surface area (Å²) < 4.78 is 7.52. The molecule has 0 radical (unpaired) electrons. The lowest BCUT2D eigenvalue weighted by Gasteiger charge is -2.34. The number of nitrogens with zero attached hydrogens (tertiary/aromatic N) is 2. The first-order chi connectivity index (χ1) is 9.84. The van der Waals surface area contributed by atoms with Gasteiger partial charge in [0.25, 0.3) is 0 Å². The number of rotatable bonds is 6. The minimum atomic E-state index is -0.310. The summed E-state index contributed by atoms with van der Waals surface area (Å²) in [6.45, 7) is 10.3. The second-order valence-corrected chi connectivity index (χ2v) is 7.20. The quantitative estimate of drug-likeness (QED) is 0.875. The molecule has 0 aliphatic heterocycles. The average molecular weight is 294 g/mol. The van der Waals surface area contributed by atoms with E-state index in [1.165, 1.54) is 11.4 Å². The Balaban J connectivity index is 2.11. The number of methoxy groups -OCH3 is 1. The highest BCUT2D eigenvalue weighted by Crippen LogP contribution is 2.41. The average Bonchev–Trinajstić information content (AvgIpc) is 2.69. The molecule has 1 atom stereocenters. The van der Waals surface area contributed by atoms with Crippen molar-refractivity contribution in [1.82, 2.24) is 9.47 Å². The van der Waals surface area contributed by atoms with Gasteiger partial charge in [0.1, 0.15) is 0 Å². The minimum Gasteiger partial charge on any atom is -0.388 e. The maximum atomic E-state index is 10.4. The number of likely N-dealkylation sites (N-methyl/N-ethyl adjacent to an activating group) is 1. The summed E-state index contributed by atoms with van der Waals surface area (Å²) in [6, 6.07) is 2.17. The Morgan fingerprint density at radius 2 is 2.14 bits per heavy atom. The largest absolute Gasteiger partial charge is 0.388 e. The van der Waals surface area contributed by atoms with Crippen LogP contribution in [-0.4, -0.2) is 48.4 Å². The molecule has 4 nitrogen and oxygen atoms in total. The Kier molecular flexibility index (Phi) is 5.12. The van der Waals surface area contributed by atoms with Crippen LogP contribution in [0.3, 0.4) is 0 Å². The van der Waals surface area contributed by atoms with Gasteiger partial charge in [0, 0.05) is 43.7 Å². The predicted octanol–water partition coefficient (Wildman–Crippen LogP) is 2.38. The van der Waals surface area contributed by atoms with Gasteiger partial charge < -0.3 is 19.3 Å². The van der Waals surface area contributed by atoms with Crippen molar-refractivity contribution in [2.24, 2.45) is 5.41 Å². The van der Waals surface area contributed by atoms with Crippen LogP contribution in [0.25, 0.3) is 0 Å². The molecule has 120 valence electrons. The first-order valence-electron chi connectivity index (χ1n) is 7.88. The number of ether oxygens (including phenoxy) is 1. The van der Waals surface area contributed by atoms with Crippen molar-refractivity contribution in [2.75, 3.05) is 33.9 Å². The fraction of sp³-hybridized carbons (Fsp3) is 0.765. The number of aryl methyl sites for hydroxylation is 1. The molecule has 1 aromatic rings. The van der Waals surface area contributed by atoms with Crippen LogP contribution in [0.4, 0.5) is 0 Å². The summed E-state index contributed by atoms with van der Waals surface area (Å²) in [5, 5.41) is 10.4. The SMILES string of the molecule is COCCN(C)CCn1c(C)cc2c1CC(C)(C)CC2O. The van der Waals surface area contributed by atoms with Gasteiger partial charge in [-0.2, -0.15) is 0 Å². The molecule has 1 N–H and O–H groups in total. The van der Waals surface area contributed by atoms with Gasteiger partial charge in [0.05, 0.1) is 12.7 Å². The maximum Gasteiger partial charge on any atom is 0.0812 e. The molecular weight excluding hydrogens is 264 g/mol. The van der Waals surface area contributed by atoms with Crippen molar-refractivity contribution in [2.45, 2.75) is 46.3 Å². The summed E-state index contributed by atoms with van der Waals surface area (Å²) in [5.74, 6) is 0. The van der Waals surface area contributed by atoms with Crippen molar-refractivity contribution < 1.29 is 9.84 Å². The van der Waals surface area contributed by atoms with Crippen LogP contribution in [-0.2, 0) is 17.7 Å². The normalized spacial score (nSPS) is 20.8. The Labute approximate surface area is 128 Å². The predicted molar refractivity (Wildman–Crippen MR) is 85.6 cm³/mol. The molecule has 0 amide bonds. The second kappa shape index (κ2) is 6.51. The zero-order valence-electron chi connectivity index (χ0n) is 14.1. The highest BCUT2D eigenvalue weighted by Gasteiger charge is 2.33. The van der Waals surface area contributed by atoms with E-state index in [9.17, 15) is 5.11 Å². The topological polar surface area (TPSA) is 37.6 Å². The molecule has 0 saturated heterocycles. The van der Waals surface area contributed by atoms with Gasteiger partial charge in [-0.3, -0.25) is 0 Å². The summed E-state index contributed by atoms with van der Waals surface area (Å²) in [7, 11) is 3.87. The number of aliphatic hydroxyl groups excluding tert-OH is 1. The lowest BCUT2D eigenvalue weighted by molar-refractivity contribution is 0.0976. The van der Waals surface area contributed by atoms with Gasteiger partial charge in [0.15, 0.2) is 0 Å². The van der Waals surface area contributed by atoms with Crippen molar-refractivity contribution in [3.05, 3.63) is 23.0 Å². The third-order valence-electron chi connectivity index (χ3n) is 4.58. The molecule has 0 aromatic carbocycles. The molecule has 1 aromatic heterocycles. The number of hydrogen-bond donors (Lipinski definition) is 1. The van der Waals surface area contributed by atoms with Crippen molar-refractivity contribution in [3.8, 4) is 0 Å². The summed E-state index contributed by atoms with van der Waals surface area (Å²) in [6.07, 6.45) is 1.60. The van der Waals surface area contributed by atoms with E-state index in [0.29, 0.717) is 0 Å². The second-order valence-electron chi connectivity index (χ2n) is 7.20. The van der Waals surface area contributed by atoms with Crippen LogP contribution in [0, 0.1) is 12.3 Å². The monoisotopic (exact) mass is 294 g/mol. The van der Waals surface area contributed by atoms with E-state index < -0.39 is 0 Å². The highest BCUT2D eigenvalue weighted by atomic mass is 16.5. The van der Waals surface area contributed by atoms with E-state index in [2.05, 4.69) is 43.4 Å². The summed E-state index contributed by atoms with van der Waals surface area (Å²) in [5.41, 5.74) is 3.91. The fourth-order valence-corrected chi connectivity index (χ4v) is 3.34. The van der Waals surface area contributed by atoms with Crippen LogP contribution in [0.1, 0.15) is 43.3 Å². The molecular formula is C17H30N2O2. The molecule has 0 saturated carbocycles. The first kappa shape index (κ1) is 16.5. The molecule has 1 aliphatic rings. The van der Waals surface area contributed by atoms with Gasteiger partial charge in [-0.05, 0) is 38.3 Å². The number of aromatic nitrogens is 1. The highest BCUT2D eigenvalue weighted by molar-refractivity contribution is 5.33. The minimum absolute atomic E-state index is 0.177. The van der Waals surface area contributed by atoms with Gasteiger partial charge in [-0.1, -0.05) is 13.8 Å². The molecule has 0 bridgehead atoms. The molecule has 0 fully saturated rings. The Morgan fingerprint density at radius 1 is 1.43 bits per heavy atom. The molecule has 0 spiro atoms. The van der Waals surface area contributed by atoms with E-state index in [4.69, 9.17) is 4.74 Å². The lowest BCUT2D eigenvalue weighted by atomic mass is 9.75. The van der Waals surface area contributed by atoms with Gasteiger partial charge in [-0.15, -0.1) is 0 Å². The zero-order chi connectivity index (χ0) is 15.6. The van der Waals surface area contributed by atoms with E-state index in [0.717, 1.165) is 44.6 Å². The van der Waals surface area contributed by atoms with E-state index in [1.807, 2.05) is 0 Å². The van der Waals surface area contributed by atoms with E-state index in [-0.39, 0.29) is 11.5 Å². The standard InChI is InChI=1S/C17H30N2O2/c1-13-10-14-15(11-17(2,3)12-16(14)20)19(13)7-6-18(4)8-9-21-5/h10,16,20H,6-9,11-12H2,1-5H3. The Hall–Kier alpha value is -0.840. The van der Waals surface area contributed by atoms with Crippen molar-refractivity contribution >= 4 is 0 Å². The summed E-state index contributed by atoms with van der Waals surface area (Å²) >= 11 is 0. The number of hydrogen-bond acceptors (Lipinski definition) is 3. The molecule has 1 unspecified atom stereocenters. The number of aliphatic hydroxyl groups is 1. The molecule has 1 heterocycles.